The molecule has 1 heterocycles. The standard InChI is InChI=1S/C14H15BrFNO2/c15-10-7-9(3-4-11(10)16)14(18)17-12-5-6-19-13(12)8-1-2-8/h3-4,7-8,12-13H,1-2,5-6H2,(H,17,18). The molecule has 1 saturated heterocycles. The van der Waals surface area contributed by atoms with Crippen LogP contribution in [0.25, 0.3) is 0 Å². The summed E-state index contributed by atoms with van der Waals surface area (Å²) in [5.74, 6) is 0.0752. The number of hydrogen-bond acceptors (Lipinski definition) is 2. The van der Waals surface area contributed by atoms with Crippen molar-refractivity contribution in [2.75, 3.05) is 6.61 Å². The average molecular weight is 328 g/mol. The Hall–Kier alpha value is -0.940. The summed E-state index contributed by atoms with van der Waals surface area (Å²) < 4.78 is 19.1. The molecule has 1 saturated carbocycles. The molecule has 2 atom stereocenters. The highest BCUT2D eigenvalue weighted by atomic mass is 79.9. The lowest BCUT2D eigenvalue weighted by atomic mass is 10.1. The highest BCUT2D eigenvalue weighted by molar-refractivity contribution is 9.10. The van der Waals surface area contributed by atoms with Crippen molar-refractivity contribution in [3.05, 3.63) is 34.1 Å². The summed E-state index contributed by atoms with van der Waals surface area (Å²) >= 11 is 3.09. The van der Waals surface area contributed by atoms with Crippen LogP contribution >= 0.6 is 15.9 Å². The van der Waals surface area contributed by atoms with Crippen molar-refractivity contribution in [2.24, 2.45) is 5.92 Å². The molecule has 1 aliphatic carbocycles. The van der Waals surface area contributed by atoms with Crippen LogP contribution in [0.15, 0.2) is 22.7 Å². The molecular formula is C14H15BrFNO2. The zero-order valence-electron chi connectivity index (χ0n) is 10.4. The molecular weight excluding hydrogens is 313 g/mol. The molecule has 19 heavy (non-hydrogen) atoms. The SMILES string of the molecule is O=C(NC1CCOC1C1CC1)c1ccc(F)c(Br)c1. The fourth-order valence-electron chi connectivity index (χ4n) is 2.54. The van der Waals surface area contributed by atoms with Crippen LogP contribution in [0.3, 0.4) is 0 Å². The van der Waals surface area contributed by atoms with E-state index in [1.165, 1.54) is 31.0 Å². The summed E-state index contributed by atoms with van der Waals surface area (Å²) in [5, 5.41) is 3.01. The van der Waals surface area contributed by atoms with Crippen LogP contribution in [-0.4, -0.2) is 24.7 Å². The second-order valence-corrected chi connectivity index (χ2v) is 6.02. The van der Waals surface area contributed by atoms with E-state index in [-0.39, 0.29) is 23.9 Å². The van der Waals surface area contributed by atoms with E-state index in [4.69, 9.17) is 4.74 Å². The molecule has 1 aromatic rings. The Morgan fingerprint density at radius 2 is 2.16 bits per heavy atom. The molecule has 3 nitrogen and oxygen atoms in total. The first kappa shape index (κ1) is 13.1. The summed E-state index contributed by atoms with van der Waals surface area (Å²) in [6.45, 7) is 0.708. The van der Waals surface area contributed by atoms with Crippen molar-refractivity contribution in [1.82, 2.24) is 5.32 Å². The van der Waals surface area contributed by atoms with Gasteiger partial charge in [-0.25, -0.2) is 4.39 Å². The van der Waals surface area contributed by atoms with Gasteiger partial charge in [-0.2, -0.15) is 0 Å². The van der Waals surface area contributed by atoms with Crippen molar-refractivity contribution in [2.45, 2.75) is 31.4 Å². The minimum atomic E-state index is -0.364. The van der Waals surface area contributed by atoms with E-state index in [1.807, 2.05) is 0 Å². The second kappa shape index (κ2) is 5.21. The minimum Gasteiger partial charge on any atom is -0.376 e. The number of rotatable bonds is 3. The van der Waals surface area contributed by atoms with E-state index < -0.39 is 0 Å². The Balaban J connectivity index is 1.68. The zero-order chi connectivity index (χ0) is 13.4. The van der Waals surface area contributed by atoms with Crippen molar-refractivity contribution < 1.29 is 13.9 Å². The third-order valence-corrected chi connectivity index (χ3v) is 4.33. The fourth-order valence-corrected chi connectivity index (χ4v) is 2.92. The van der Waals surface area contributed by atoms with E-state index in [0.29, 0.717) is 22.6 Å². The number of carbonyl (C=O) groups excluding carboxylic acids is 1. The number of nitrogens with one attached hydrogen (secondary N) is 1. The van der Waals surface area contributed by atoms with Crippen molar-refractivity contribution in [3.63, 3.8) is 0 Å². The van der Waals surface area contributed by atoms with Crippen LogP contribution in [0, 0.1) is 11.7 Å². The van der Waals surface area contributed by atoms with Crippen molar-refractivity contribution in [3.8, 4) is 0 Å². The summed E-state index contributed by atoms with van der Waals surface area (Å²) in [4.78, 5) is 12.1. The highest BCUT2D eigenvalue weighted by Crippen LogP contribution is 2.38. The topological polar surface area (TPSA) is 38.3 Å². The first-order valence-electron chi connectivity index (χ1n) is 6.52. The van der Waals surface area contributed by atoms with Gasteiger partial charge in [-0.3, -0.25) is 4.79 Å². The van der Waals surface area contributed by atoms with Gasteiger partial charge < -0.3 is 10.1 Å². The summed E-state index contributed by atoms with van der Waals surface area (Å²) in [7, 11) is 0. The van der Waals surface area contributed by atoms with Gasteiger partial charge in [0.15, 0.2) is 0 Å². The van der Waals surface area contributed by atoms with Crippen LogP contribution in [-0.2, 0) is 4.74 Å². The van der Waals surface area contributed by atoms with Gasteiger partial charge in [0.05, 0.1) is 16.6 Å². The lowest BCUT2D eigenvalue weighted by molar-refractivity contribution is 0.0729. The number of hydrogen-bond donors (Lipinski definition) is 1. The van der Waals surface area contributed by atoms with E-state index >= 15 is 0 Å². The molecule has 0 spiro atoms. The molecule has 2 unspecified atom stereocenters. The van der Waals surface area contributed by atoms with Crippen LogP contribution in [0.1, 0.15) is 29.6 Å². The van der Waals surface area contributed by atoms with Crippen LogP contribution in [0.5, 0.6) is 0 Å². The van der Waals surface area contributed by atoms with Gasteiger partial charge in [0.25, 0.3) is 5.91 Å². The quantitative estimate of drug-likeness (QED) is 0.927. The maximum atomic E-state index is 13.1. The molecule has 0 radical (unpaired) electrons. The predicted molar refractivity (Wildman–Crippen MR) is 72.4 cm³/mol. The largest absolute Gasteiger partial charge is 0.376 e. The van der Waals surface area contributed by atoms with Crippen molar-refractivity contribution in [1.29, 1.82) is 0 Å². The molecule has 0 bridgehead atoms. The number of ether oxygens (including phenoxy) is 1. The Morgan fingerprint density at radius 3 is 2.84 bits per heavy atom. The van der Waals surface area contributed by atoms with Gasteiger partial charge in [0, 0.05) is 12.2 Å². The van der Waals surface area contributed by atoms with E-state index in [2.05, 4.69) is 21.2 Å². The molecule has 102 valence electrons. The summed E-state index contributed by atoms with van der Waals surface area (Å²) in [6.07, 6.45) is 3.40. The van der Waals surface area contributed by atoms with E-state index in [9.17, 15) is 9.18 Å². The van der Waals surface area contributed by atoms with Gasteiger partial charge in [-0.1, -0.05) is 0 Å². The minimum absolute atomic E-state index is 0.0869. The molecule has 1 aliphatic heterocycles. The van der Waals surface area contributed by atoms with Crippen LogP contribution < -0.4 is 5.32 Å². The third kappa shape index (κ3) is 2.82. The smallest absolute Gasteiger partial charge is 0.251 e. The second-order valence-electron chi connectivity index (χ2n) is 5.17. The monoisotopic (exact) mass is 327 g/mol. The predicted octanol–water partition coefficient (Wildman–Crippen LogP) is 2.89. The van der Waals surface area contributed by atoms with Crippen LogP contribution in [0.2, 0.25) is 0 Å². The van der Waals surface area contributed by atoms with Gasteiger partial charge in [0.1, 0.15) is 5.82 Å². The van der Waals surface area contributed by atoms with Crippen molar-refractivity contribution >= 4 is 21.8 Å². The highest BCUT2D eigenvalue weighted by Gasteiger charge is 2.41. The molecule has 1 aromatic carbocycles. The van der Waals surface area contributed by atoms with Crippen LogP contribution in [0.4, 0.5) is 4.39 Å². The maximum Gasteiger partial charge on any atom is 0.251 e. The van der Waals surface area contributed by atoms with Gasteiger partial charge >= 0.3 is 0 Å². The van der Waals surface area contributed by atoms with Gasteiger partial charge in [-0.15, -0.1) is 0 Å². The average Bonchev–Trinajstić information content (AvgIpc) is 3.13. The van der Waals surface area contributed by atoms with E-state index in [1.54, 1.807) is 0 Å². The first-order chi connectivity index (χ1) is 9.15. The van der Waals surface area contributed by atoms with Gasteiger partial charge in [0.2, 0.25) is 0 Å². The Bertz CT molecular complexity index is 504. The molecule has 2 fully saturated rings. The Labute approximate surface area is 119 Å². The Kier molecular flexibility index (Phi) is 3.58. The molecule has 1 N–H and O–H groups in total. The number of carbonyl (C=O) groups is 1. The summed E-state index contributed by atoms with van der Waals surface area (Å²) in [6, 6.07) is 4.38. The molecule has 1 amide bonds. The zero-order valence-corrected chi connectivity index (χ0v) is 12.0. The lowest BCUT2D eigenvalue weighted by Crippen LogP contribution is -2.41. The fraction of sp³-hybridized carbons (Fsp3) is 0.500. The Morgan fingerprint density at radius 1 is 1.37 bits per heavy atom. The normalized spacial score (nSPS) is 26.4. The maximum absolute atomic E-state index is 13.1. The third-order valence-electron chi connectivity index (χ3n) is 3.72. The van der Waals surface area contributed by atoms with E-state index in [0.717, 1.165) is 6.42 Å². The lowest BCUT2D eigenvalue weighted by Gasteiger charge is -2.19. The molecule has 2 aliphatic rings. The molecule has 3 rings (SSSR count). The number of halogens is 2. The molecule has 5 heteroatoms. The molecule has 0 aromatic heterocycles. The first-order valence-corrected chi connectivity index (χ1v) is 7.32. The number of benzene rings is 1. The summed E-state index contributed by atoms with van der Waals surface area (Å²) in [5.41, 5.74) is 0.467. The number of amides is 1. The van der Waals surface area contributed by atoms with Gasteiger partial charge in [-0.05, 0) is 59.3 Å².